The SMILES string of the molecule is CC(C)(C)c1ccc(N=Cc2sc(N3CCOCC3)nc2-c2ccccc2)cc1. The van der Waals surface area contributed by atoms with Crippen LogP contribution in [-0.4, -0.2) is 37.5 Å². The molecule has 0 radical (unpaired) electrons. The summed E-state index contributed by atoms with van der Waals surface area (Å²) >= 11 is 1.70. The van der Waals surface area contributed by atoms with Crippen molar-refractivity contribution in [2.45, 2.75) is 26.2 Å². The molecule has 4 nitrogen and oxygen atoms in total. The standard InChI is InChI=1S/C24H27N3OS/c1-24(2,3)19-9-11-20(12-10-19)25-17-21-22(18-7-5-4-6-8-18)26-23(29-21)27-13-15-28-16-14-27/h4-12,17H,13-16H2,1-3H3. The Morgan fingerprint density at radius 3 is 2.34 bits per heavy atom. The minimum Gasteiger partial charge on any atom is -0.378 e. The van der Waals surface area contributed by atoms with Gasteiger partial charge in [0.1, 0.15) is 0 Å². The Hall–Kier alpha value is -2.50. The van der Waals surface area contributed by atoms with E-state index in [2.05, 4.69) is 74.2 Å². The summed E-state index contributed by atoms with van der Waals surface area (Å²) in [6, 6.07) is 18.8. The minimum absolute atomic E-state index is 0.146. The zero-order chi connectivity index (χ0) is 20.3. The van der Waals surface area contributed by atoms with E-state index in [1.807, 2.05) is 12.3 Å². The van der Waals surface area contributed by atoms with Crippen molar-refractivity contribution < 1.29 is 4.74 Å². The Balaban J connectivity index is 1.64. The van der Waals surface area contributed by atoms with Crippen molar-refractivity contribution >= 4 is 28.4 Å². The van der Waals surface area contributed by atoms with E-state index in [4.69, 9.17) is 14.7 Å². The van der Waals surface area contributed by atoms with E-state index in [9.17, 15) is 0 Å². The molecule has 0 N–H and O–H groups in total. The molecule has 5 heteroatoms. The summed E-state index contributed by atoms with van der Waals surface area (Å²) in [4.78, 5) is 13.1. The van der Waals surface area contributed by atoms with E-state index in [0.29, 0.717) is 0 Å². The van der Waals surface area contributed by atoms with Crippen molar-refractivity contribution in [2.24, 2.45) is 4.99 Å². The Kier molecular flexibility index (Phi) is 5.79. The molecule has 0 bridgehead atoms. The number of hydrogen-bond acceptors (Lipinski definition) is 5. The zero-order valence-corrected chi connectivity index (χ0v) is 18.1. The highest BCUT2D eigenvalue weighted by Crippen LogP contribution is 2.33. The summed E-state index contributed by atoms with van der Waals surface area (Å²) in [5.41, 5.74) is 4.53. The minimum atomic E-state index is 0.146. The molecule has 150 valence electrons. The van der Waals surface area contributed by atoms with Crippen molar-refractivity contribution in [3.8, 4) is 11.3 Å². The number of rotatable bonds is 4. The average Bonchev–Trinajstić information content (AvgIpc) is 3.17. The van der Waals surface area contributed by atoms with Crippen LogP contribution in [-0.2, 0) is 10.2 Å². The largest absolute Gasteiger partial charge is 0.378 e. The van der Waals surface area contributed by atoms with Crippen LogP contribution in [0.15, 0.2) is 59.6 Å². The normalized spacial score (nSPS) is 15.2. The Labute approximate surface area is 176 Å². The second kappa shape index (κ2) is 8.47. The molecule has 3 aromatic rings. The lowest BCUT2D eigenvalue weighted by molar-refractivity contribution is 0.122. The lowest BCUT2D eigenvalue weighted by Crippen LogP contribution is -2.36. The number of ether oxygens (including phenoxy) is 1. The Morgan fingerprint density at radius 1 is 1.00 bits per heavy atom. The highest BCUT2D eigenvalue weighted by molar-refractivity contribution is 7.17. The van der Waals surface area contributed by atoms with Gasteiger partial charge in [-0.3, -0.25) is 4.99 Å². The molecule has 0 amide bonds. The van der Waals surface area contributed by atoms with Crippen molar-refractivity contribution in [3.05, 3.63) is 65.0 Å². The van der Waals surface area contributed by atoms with Gasteiger partial charge in [-0.15, -0.1) is 0 Å². The van der Waals surface area contributed by atoms with Crippen LogP contribution in [0.4, 0.5) is 10.8 Å². The van der Waals surface area contributed by atoms with E-state index in [0.717, 1.165) is 53.3 Å². The maximum absolute atomic E-state index is 5.49. The number of aromatic nitrogens is 1. The maximum atomic E-state index is 5.49. The molecular formula is C24H27N3OS. The van der Waals surface area contributed by atoms with Crippen LogP contribution in [0.1, 0.15) is 31.2 Å². The molecule has 1 saturated heterocycles. The first kappa shape index (κ1) is 19.8. The quantitative estimate of drug-likeness (QED) is 0.523. The van der Waals surface area contributed by atoms with E-state index >= 15 is 0 Å². The van der Waals surface area contributed by atoms with E-state index in [1.165, 1.54) is 5.56 Å². The fourth-order valence-corrected chi connectivity index (χ4v) is 4.29. The van der Waals surface area contributed by atoms with Gasteiger partial charge in [0.15, 0.2) is 5.13 Å². The van der Waals surface area contributed by atoms with Crippen LogP contribution in [0.3, 0.4) is 0 Å². The Morgan fingerprint density at radius 2 is 1.69 bits per heavy atom. The van der Waals surface area contributed by atoms with Crippen molar-refractivity contribution in [1.82, 2.24) is 4.98 Å². The molecule has 0 aliphatic carbocycles. The van der Waals surface area contributed by atoms with Gasteiger partial charge in [-0.1, -0.05) is 74.6 Å². The molecule has 2 heterocycles. The van der Waals surface area contributed by atoms with Gasteiger partial charge in [0.05, 0.1) is 29.5 Å². The summed E-state index contributed by atoms with van der Waals surface area (Å²) < 4.78 is 5.49. The fourth-order valence-electron chi connectivity index (χ4n) is 3.28. The third kappa shape index (κ3) is 4.74. The van der Waals surface area contributed by atoms with Gasteiger partial charge in [-0.2, -0.15) is 0 Å². The van der Waals surface area contributed by atoms with E-state index in [1.54, 1.807) is 11.3 Å². The van der Waals surface area contributed by atoms with Crippen molar-refractivity contribution in [1.29, 1.82) is 0 Å². The summed E-state index contributed by atoms with van der Waals surface area (Å²) in [7, 11) is 0. The molecule has 0 spiro atoms. The molecule has 1 aliphatic rings. The van der Waals surface area contributed by atoms with Crippen LogP contribution >= 0.6 is 11.3 Å². The number of nitrogens with zero attached hydrogens (tertiary/aromatic N) is 3. The fraction of sp³-hybridized carbons (Fsp3) is 0.333. The van der Waals surface area contributed by atoms with Crippen LogP contribution in [0, 0.1) is 0 Å². The molecule has 29 heavy (non-hydrogen) atoms. The highest BCUT2D eigenvalue weighted by Gasteiger charge is 2.19. The summed E-state index contributed by atoms with van der Waals surface area (Å²) in [6.45, 7) is 9.94. The van der Waals surface area contributed by atoms with Gasteiger partial charge in [-0.05, 0) is 23.1 Å². The predicted molar refractivity (Wildman–Crippen MR) is 123 cm³/mol. The van der Waals surface area contributed by atoms with Crippen molar-refractivity contribution in [3.63, 3.8) is 0 Å². The van der Waals surface area contributed by atoms with Gasteiger partial charge < -0.3 is 9.64 Å². The van der Waals surface area contributed by atoms with Crippen molar-refractivity contribution in [2.75, 3.05) is 31.2 Å². The number of benzene rings is 2. The lowest BCUT2D eigenvalue weighted by Gasteiger charge is -2.26. The Bertz CT molecular complexity index is 966. The summed E-state index contributed by atoms with van der Waals surface area (Å²) in [5, 5.41) is 1.04. The third-order valence-corrected chi connectivity index (χ3v) is 6.09. The van der Waals surface area contributed by atoms with Crippen LogP contribution in [0.25, 0.3) is 11.3 Å². The van der Waals surface area contributed by atoms with E-state index < -0.39 is 0 Å². The molecule has 4 rings (SSSR count). The first-order valence-electron chi connectivity index (χ1n) is 10.0. The van der Waals surface area contributed by atoms with Gasteiger partial charge in [-0.25, -0.2) is 4.98 Å². The molecule has 1 fully saturated rings. The number of hydrogen-bond donors (Lipinski definition) is 0. The molecule has 1 aromatic heterocycles. The maximum Gasteiger partial charge on any atom is 0.186 e. The number of morpholine rings is 1. The first-order chi connectivity index (χ1) is 14.0. The van der Waals surface area contributed by atoms with Crippen LogP contribution in [0.2, 0.25) is 0 Å². The second-order valence-electron chi connectivity index (χ2n) is 8.23. The monoisotopic (exact) mass is 405 g/mol. The number of aliphatic imine (C=N–C) groups is 1. The van der Waals surface area contributed by atoms with Gasteiger partial charge >= 0.3 is 0 Å². The second-order valence-corrected chi connectivity index (χ2v) is 9.24. The molecule has 0 unspecified atom stereocenters. The third-order valence-electron chi connectivity index (χ3n) is 5.04. The zero-order valence-electron chi connectivity index (χ0n) is 17.3. The number of anilines is 1. The highest BCUT2D eigenvalue weighted by atomic mass is 32.1. The van der Waals surface area contributed by atoms with E-state index in [-0.39, 0.29) is 5.41 Å². The average molecular weight is 406 g/mol. The lowest BCUT2D eigenvalue weighted by atomic mass is 9.87. The summed E-state index contributed by atoms with van der Waals surface area (Å²) in [5.74, 6) is 0. The number of thiazole rings is 1. The first-order valence-corrected chi connectivity index (χ1v) is 10.9. The predicted octanol–water partition coefficient (Wildman–Crippen LogP) is 5.69. The van der Waals surface area contributed by atoms with Gasteiger partial charge in [0.25, 0.3) is 0 Å². The topological polar surface area (TPSA) is 37.7 Å². The molecule has 0 atom stereocenters. The molecule has 2 aromatic carbocycles. The van der Waals surface area contributed by atoms with Gasteiger partial charge in [0.2, 0.25) is 0 Å². The van der Waals surface area contributed by atoms with Gasteiger partial charge in [0, 0.05) is 24.9 Å². The molecule has 0 saturated carbocycles. The molecule has 1 aliphatic heterocycles. The molecular weight excluding hydrogens is 378 g/mol. The van der Waals surface area contributed by atoms with Crippen LogP contribution < -0.4 is 4.90 Å². The van der Waals surface area contributed by atoms with Crippen LogP contribution in [0.5, 0.6) is 0 Å². The summed E-state index contributed by atoms with van der Waals surface area (Å²) in [6.07, 6.45) is 1.95. The smallest absolute Gasteiger partial charge is 0.186 e.